The Morgan fingerprint density at radius 1 is 1.26 bits per heavy atom. The number of nitrogens with zero attached hydrogens (tertiary/aromatic N) is 3. The number of fused-ring (bicyclic) bond motifs is 1. The summed E-state index contributed by atoms with van der Waals surface area (Å²) >= 11 is 0. The average Bonchev–Trinajstić information content (AvgIpc) is 3.25. The van der Waals surface area contributed by atoms with Gasteiger partial charge in [0.2, 0.25) is 11.7 Å². The summed E-state index contributed by atoms with van der Waals surface area (Å²) < 4.78 is 29.0. The van der Waals surface area contributed by atoms with Crippen LogP contribution in [0.5, 0.6) is 0 Å². The first-order valence-electron chi connectivity index (χ1n) is 7.47. The summed E-state index contributed by atoms with van der Waals surface area (Å²) in [7, 11) is -3.34. The lowest BCUT2D eigenvalue weighted by molar-refractivity contribution is 0.331. The maximum atomic E-state index is 12.3. The van der Waals surface area contributed by atoms with Gasteiger partial charge in [0.1, 0.15) is 5.69 Å². The van der Waals surface area contributed by atoms with Crippen LogP contribution >= 0.6 is 0 Å². The second kappa shape index (κ2) is 4.89. The van der Waals surface area contributed by atoms with Crippen LogP contribution in [0.4, 0.5) is 0 Å². The van der Waals surface area contributed by atoms with Gasteiger partial charge in [-0.3, -0.25) is 4.98 Å². The van der Waals surface area contributed by atoms with Crippen molar-refractivity contribution in [3.05, 3.63) is 30.4 Å². The predicted molar refractivity (Wildman–Crippen MR) is 84.4 cm³/mol. The van der Waals surface area contributed by atoms with E-state index in [0.29, 0.717) is 24.4 Å². The largest absolute Gasteiger partial charge is 0.361 e. The Hall–Kier alpha value is -2.22. The SMILES string of the molecule is CS(=O)(=O)C1(c2nc(-c3nccc4[nH]ccc34)no2)CCCC1. The lowest BCUT2D eigenvalue weighted by Gasteiger charge is -2.21. The fourth-order valence-electron chi connectivity index (χ4n) is 3.35. The van der Waals surface area contributed by atoms with Gasteiger partial charge in [-0.15, -0.1) is 0 Å². The molecule has 120 valence electrons. The van der Waals surface area contributed by atoms with Gasteiger partial charge in [-0.05, 0) is 25.0 Å². The molecule has 3 heterocycles. The van der Waals surface area contributed by atoms with Crippen molar-refractivity contribution in [1.29, 1.82) is 0 Å². The fraction of sp³-hybridized carbons (Fsp3) is 0.400. The molecule has 3 aromatic heterocycles. The zero-order valence-corrected chi connectivity index (χ0v) is 13.4. The molecule has 23 heavy (non-hydrogen) atoms. The molecule has 0 saturated heterocycles. The highest BCUT2D eigenvalue weighted by Gasteiger charge is 2.49. The average molecular weight is 332 g/mol. The number of hydrogen-bond acceptors (Lipinski definition) is 6. The zero-order chi connectivity index (χ0) is 16.1. The topological polar surface area (TPSA) is 102 Å². The third-order valence-electron chi connectivity index (χ3n) is 4.63. The molecule has 1 N–H and O–H groups in total. The van der Waals surface area contributed by atoms with Crippen molar-refractivity contribution >= 4 is 20.7 Å². The summed E-state index contributed by atoms with van der Waals surface area (Å²) in [6.07, 6.45) is 7.45. The highest BCUT2D eigenvalue weighted by molar-refractivity contribution is 7.91. The molecule has 4 rings (SSSR count). The van der Waals surface area contributed by atoms with Crippen LogP contribution in [0.2, 0.25) is 0 Å². The van der Waals surface area contributed by atoms with Crippen LogP contribution < -0.4 is 0 Å². The number of pyridine rings is 1. The fourth-order valence-corrected chi connectivity index (χ4v) is 4.79. The van der Waals surface area contributed by atoms with E-state index in [1.807, 2.05) is 18.3 Å². The second-order valence-electron chi connectivity index (χ2n) is 6.00. The van der Waals surface area contributed by atoms with Gasteiger partial charge in [0.25, 0.3) is 0 Å². The quantitative estimate of drug-likeness (QED) is 0.790. The Kier molecular flexibility index (Phi) is 3.06. The van der Waals surface area contributed by atoms with E-state index in [1.165, 1.54) is 6.26 Å². The molecule has 0 spiro atoms. The van der Waals surface area contributed by atoms with Crippen LogP contribution in [0.3, 0.4) is 0 Å². The monoisotopic (exact) mass is 332 g/mol. The standard InChI is InChI=1S/C15H16N4O3S/c1-23(20,21)15(6-2-3-7-15)14-18-13(19-22-14)12-10-4-8-16-11(10)5-9-17-12/h4-5,8-9,16H,2-3,6-7H2,1H3. The summed E-state index contributed by atoms with van der Waals surface area (Å²) in [4.78, 5) is 11.8. The maximum Gasteiger partial charge on any atom is 0.248 e. The molecule has 0 bridgehead atoms. The van der Waals surface area contributed by atoms with Crippen molar-refractivity contribution in [2.24, 2.45) is 0 Å². The van der Waals surface area contributed by atoms with Crippen LogP contribution in [-0.4, -0.2) is 34.8 Å². The van der Waals surface area contributed by atoms with Gasteiger partial charge in [0.15, 0.2) is 14.6 Å². The molecule has 8 heteroatoms. The minimum atomic E-state index is -3.34. The van der Waals surface area contributed by atoms with Gasteiger partial charge in [-0.2, -0.15) is 4.98 Å². The molecule has 1 aliphatic carbocycles. The highest BCUT2D eigenvalue weighted by atomic mass is 32.2. The van der Waals surface area contributed by atoms with Crippen molar-refractivity contribution < 1.29 is 12.9 Å². The maximum absolute atomic E-state index is 12.3. The van der Waals surface area contributed by atoms with E-state index in [9.17, 15) is 8.42 Å². The Labute approximate surface area is 133 Å². The first kappa shape index (κ1) is 14.4. The lowest BCUT2D eigenvalue weighted by atomic mass is 10.1. The Morgan fingerprint density at radius 2 is 2.04 bits per heavy atom. The summed E-state index contributed by atoms with van der Waals surface area (Å²) in [5, 5.41) is 4.87. The number of nitrogens with one attached hydrogen (secondary N) is 1. The van der Waals surface area contributed by atoms with E-state index >= 15 is 0 Å². The molecular formula is C15H16N4O3S. The molecule has 0 aliphatic heterocycles. The third kappa shape index (κ3) is 2.08. The summed E-state index contributed by atoms with van der Waals surface area (Å²) in [6.45, 7) is 0. The van der Waals surface area contributed by atoms with Gasteiger partial charge in [0.05, 0.1) is 0 Å². The van der Waals surface area contributed by atoms with Crippen LogP contribution in [-0.2, 0) is 14.6 Å². The zero-order valence-electron chi connectivity index (χ0n) is 12.6. The van der Waals surface area contributed by atoms with Gasteiger partial charge >= 0.3 is 0 Å². The Morgan fingerprint density at radius 3 is 2.78 bits per heavy atom. The number of hydrogen-bond donors (Lipinski definition) is 1. The minimum absolute atomic E-state index is 0.182. The molecule has 3 aromatic rings. The van der Waals surface area contributed by atoms with E-state index in [-0.39, 0.29) is 5.89 Å². The van der Waals surface area contributed by atoms with E-state index < -0.39 is 14.6 Å². The van der Waals surface area contributed by atoms with Gasteiger partial charge in [0, 0.05) is 29.6 Å². The number of H-pyrrole nitrogens is 1. The van der Waals surface area contributed by atoms with E-state index in [0.717, 1.165) is 23.7 Å². The van der Waals surface area contributed by atoms with Gasteiger partial charge in [-0.1, -0.05) is 18.0 Å². The summed E-state index contributed by atoms with van der Waals surface area (Å²) in [6, 6.07) is 3.74. The van der Waals surface area contributed by atoms with Crippen LogP contribution in [0.15, 0.2) is 29.0 Å². The van der Waals surface area contributed by atoms with Crippen LogP contribution in [0, 0.1) is 0 Å². The van der Waals surface area contributed by atoms with E-state index in [4.69, 9.17) is 4.52 Å². The molecule has 0 unspecified atom stereocenters. The first-order valence-corrected chi connectivity index (χ1v) is 9.37. The normalized spacial score (nSPS) is 17.8. The molecule has 1 fully saturated rings. The van der Waals surface area contributed by atoms with Crippen LogP contribution in [0.25, 0.3) is 22.4 Å². The molecule has 1 aliphatic rings. The molecule has 0 amide bonds. The molecule has 7 nitrogen and oxygen atoms in total. The van der Waals surface area contributed by atoms with Crippen LogP contribution in [0.1, 0.15) is 31.6 Å². The lowest BCUT2D eigenvalue weighted by Crippen LogP contribution is -2.32. The number of sulfone groups is 1. The van der Waals surface area contributed by atoms with Crippen molar-refractivity contribution in [1.82, 2.24) is 20.1 Å². The minimum Gasteiger partial charge on any atom is -0.361 e. The molecular weight excluding hydrogens is 316 g/mol. The van der Waals surface area contributed by atoms with Gasteiger partial charge in [-0.25, -0.2) is 8.42 Å². The molecule has 0 radical (unpaired) electrons. The number of aromatic amines is 1. The third-order valence-corrected chi connectivity index (χ3v) is 6.63. The van der Waals surface area contributed by atoms with Crippen molar-refractivity contribution in [3.8, 4) is 11.5 Å². The molecule has 0 aromatic carbocycles. The summed E-state index contributed by atoms with van der Waals surface area (Å²) in [5.41, 5.74) is 1.50. The van der Waals surface area contributed by atoms with E-state index in [1.54, 1.807) is 6.20 Å². The Bertz CT molecular complexity index is 967. The number of aromatic nitrogens is 4. The second-order valence-corrected chi connectivity index (χ2v) is 8.32. The summed E-state index contributed by atoms with van der Waals surface area (Å²) in [5.74, 6) is 0.502. The molecule has 0 atom stereocenters. The Balaban J connectivity index is 1.85. The van der Waals surface area contributed by atoms with Crippen molar-refractivity contribution in [2.75, 3.05) is 6.26 Å². The van der Waals surface area contributed by atoms with Crippen molar-refractivity contribution in [2.45, 2.75) is 30.4 Å². The highest BCUT2D eigenvalue weighted by Crippen LogP contribution is 2.44. The smallest absolute Gasteiger partial charge is 0.248 e. The first-order chi connectivity index (χ1) is 11.0. The van der Waals surface area contributed by atoms with E-state index in [2.05, 4.69) is 20.1 Å². The van der Waals surface area contributed by atoms with Crippen molar-refractivity contribution in [3.63, 3.8) is 0 Å². The predicted octanol–water partition coefficient (Wildman–Crippen LogP) is 2.43. The number of rotatable bonds is 3. The van der Waals surface area contributed by atoms with Gasteiger partial charge < -0.3 is 9.51 Å². The molecule has 1 saturated carbocycles.